The molecule has 5 heterocycles. The quantitative estimate of drug-likeness (QED) is 0.0241. The standard InChI is InChI=1S/C93H115N17O26/c1-58(98-81(120)66-30-35-94-36-31-66)87(126)107-39-7-12-72(107)85(124)100-69-24-17-61(18-25-69)56-135-92(133)109(91(132)110(75(90(130)131)28-29-77(112)113)93(134)136-57-62-19-26-70(27-20-62)101-86(125)73-13-8-40-108(73)88(127)59(2)99-82(121)67-32-37-95-38-33-67)74(89(128)129)11-5-6-34-96-84(123)71(50-63-16-21-64-9-3-4-10-68(64)49-63)102-83(122)65-22-14-60(15-23-65)51-97-76(111)52-103-41-43-104(53-78(114)115)45-47-106(55-80(118)119)48-46-105(44-42-103)54-79(116)117/h3-4,9-10,16-21,24-27,30-33,35-38,49,58-60,65,71-75H,5-8,11-15,22-23,28-29,34,39-48,50-57H2,1-2H3,(H,96,123)(H,97,111)(H,98,120)(H,99,121)(H,100,124)(H,101,125)(H,102,122)(H,112,113)(H,114,115)(H,116,117)(H,118,119)(H,128,129)(H,130,131)/t58-,59-,60?,65?,71+,72+,73+,74+,75+/m1/s1. The number of fused-ring (bicyclic) bond motifs is 1. The fourth-order valence-electron chi connectivity index (χ4n) is 16.7. The normalized spacial score (nSPS) is 17.9. The van der Waals surface area contributed by atoms with Crippen LogP contribution in [0.4, 0.5) is 25.8 Å². The predicted molar refractivity (Wildman–Crippen MR) is 485 cm³/mol. The minimum atomic E-state index is -2.48. The average Bonchev–Trinajstić information content (AvgIpc) is 1.13. The molecule has 3 saturated heterocycles. The van der Waals surface area contributed by atoms with E-state index in [2.05, 4.69) is 47.2 Å². The van der Waals surface area contributed by atoms with Crippen LogP contribution in [0.1, 0.15) is 135 Å². The second kappa shape index (κ2) is 51.1. The molecule has 1 aliphatic carbocycles. The number of carboxylic acid groups (broad SMARTS) is 6. The van der Waals surface area contributed by atoms with E-state index in [0.717, 1.165) is 10.8 Å². The van der Waals surface area contributed by atoms with Gasteiger partial charge in [0.2, 0.25) is 41.4 Å². The number of imide groups is 2. The zero-order valence-corrected chi connectivity index (χ0v) is 75.4. The molecule has 4 fully saturated rings. The molecule has 43 nitrogen and oxygen atoms in total. The molecule has 43 heteroatoms. The molecule has 10 rings (SSSR count). The molecule has 728 valence electrons. The van der Waals surface area contributed by atoms with E-state index in [1.807, 2.05) is 36.4 Å². The van der Waals surface area contributed by atoms with Crippen LogP contribution in [0.5, 0.6) is 0 Å². The second-order valence-corrected chi connectivity index (χ2v) is 33.9. The summed E-state index contributed by atoms with van der Waals surface area (Å²) in [5.41, 5.74) is 1.86. The van der Waals surface area contributed by atoms with Crippen molar-refractivity contribution in [1.29, 1.82) is 0 Å². The first-order valence-electron chi connectivity index (χ1n) is 45.0. The molecule has 3 aliphatic heterocycles. The molecule has 0 spiro atoms. The second-order valence-electron chi connectivity index (χ2n) is 33.9. The Hall–Kier alpha value is -14.5. The summed E-state index contributed by atoms with van der Waals surface area (Å²) in [6.07, 6.45) is 2.19. The van der Waals surface area contributed by atoms with Gasteiger partial charge >= 0.3 is 54.0 Å². The Kier molecular flexibility index (Phi) is 39.0. The van der Waals surface area contributed by atoms with Crippen molar-refractivity contribution in [1.82, 2.24) is 75.8 Å². The summed E-state index contributed by atoms with van der Waals surface area (Å²) in [6.45, 7) is 2.42. The highest BCUT2D eigenvalue weighted by atomic mass is 16.6. The van der Waals surface area contributed by atoms with Crippen molar-refractivity contribution in [3.63, 3.8) is 0 Å². The van der Waals surface area contributed by atoms with Gasteiger partial charge in [-0.05, 0) is 173 Å². The fourth-order valence-corrected chi connectivity index (χ4v) is 16.7. The largest absolute Gasteiger partial charge is 0.481 e. The summed E-state index contributed by atoms with van der Waals surface area (Å²) < 4.78 is 11.2. The fraction of sp³-hybridized carbons (Fsp3) is 0.462. The first-order chi connectivity index (χ1) is 65.1. The van der Waals surface area contributed by atoms with Crippen LogP contribution in [0, 0.1) is 11.8 Å². The van der Waals surface area contributed by atoms with Gasteiger partial charge in [-0.3, -0.25) is 91.9 Å². The number of carbonyl (C=O) groups is 18. The highest BCUT2D eigenvalue weighted by Crippen LogP contribution is 2.31. The molecule has 136 heavy (non-hydrogen) atoms. The number of hydrogen-bond acceptors (Lipinski definition) is 26. The van der Waals surface area contributed by atoms with Gasteiger partial charge in [-0.1, -0.05) is 66.7 Å². The minimum absolute atomic E-state index is 0.0111. The Labute approximate surface area is 782 Å². The number of hydrogen-bond donors (Lipinski definition) is 13. The number of aromatic nitrogens is 2. The van der Waals surface area contributed by atoms with Gasteiger partial charge in [-0.25, -0.2) is 33.8 Å². The smallest absolute Gasteiger partial charge is 0.419 e. The summed E-state index contributed by atoms with van der Waals surface area (Å²) in [6, 6.07) is 18.0. The topological polar surface area (TPSA) is 583 Å². The number of amides is 13. The Bertz CT molecular complexity index is 5210. The molecule has 4 aromatic carbocycles. The third kappa shape index (κ3) is 31.3. The maximum atomic E-state index is 15.4. The van der Waals surface area contributed by atoms with Gasteiger partial charge in [0.05, 0.1) is 26.2 Å². The van der Waals surface area contributed by atoms with E-state index in [1.54, 1.807) is 25.7 Å². The SMILES string of the molecule is C[C@@H](NC(=O)c1ccncc1)C(=O)N1CCC[C@H]1C(=O)Nc1ccc(COC(=O)N(C(=O)N(C(=O)OCc2ccc(NC(=O)[C@@H]3CCCN3C(=O)[C@@H](C)NC(=O)c3ccncc3)cc2)[C@@H](CCC(=O)O)C(=O)O)[C@@H](CCCCNC(=O)[C@H](Cc2ccc3ccccc3c2)NC(=O)C2CCC(CNC(=O)CN3CCN(CC(=O)O)CCN(CC(=O)O)CCN(CC(=O)O)CC3)CC2)C(=O)O)cc1. The van der Waals surface area contributed by atoms with Crippen LogP contribution in [0.3, 0.4) is 0 Å². The van der Waals surface area contributed by atoms with E-state index >= 15 is 4.79 Å². The van der Waals surface area contributed by atoms with Gasteiger partial charge in [0, 0.05) is 145 Å². The van der Waals surface area contributed by atoms with Gasteiger partial charge in [0.15, 0.2) is 0 Å². The number of carbonyl (C=O) groups excluding carboxylic acids is 12. The molecule has 0 radical (unpaired) electrons. The number of pyridine rings is 2. The van der Waals surface area contributed by atoms with Gasteiger partial charge in [0.1, 0.15) is 55.5 Å². The third-order valence-electron chi connectivity index (χ3n) is 24.1. The van der Waals surface area contributed by atoms with Crippen LogP contribution >= 0.6 is 0 Å². The lowest BCUT2D eigenvalue weighted by Gasteiger charge is -2.33. The van der Waals surface area contributed by atoms with E-state index < -0.39 is 182 Å². The van der Waals surface area contributed by atoms with Crippen LogP contribution in [0.15, 0.2) is 140 Å². The summed E-state index contributed by atoms with van der Waals surface area (Å²) in [5, 5.41) is 81.9. The van der Waals surface area contributed by atoms with Crippen molar-refractivity contribution in [2.45, 2.75) is 159 Å². The average molecular weight is 1890 g/mol. The van der Waals surface area contributed by atoms with E-state index in [0.29, 0.717) is 44.1 Å². The molecule has 2 aromatic heterocycles. The van der Waals surface area contributed by atoms with Crippen LogP contribution in [-0.2, 0) is 91.4 Å². The lowest BCUT2D eigenvalue weighted by Crippen LogP contribution is -2.59. The lowest BCUT2D eigenvalue weighted by atomic mass is 9.81. The van der Waals surface area contributed by atoms with Crippen molar-refractivity contribution < 1.29 is 126 Å². The van der Waals surface area contributed by atoms with Crippen molar-refractivity contribution >= 4 is 129 Å². The summed E-state index contributed by atoms with van der Waals surface area (Å²) >= 11 is 0. The molecule has 4 aliphatic rings. The van der Waals surface area contributed by atoms with Gasteiger partial charge in [-0.2, -0.15) is 0 Å². The van der Waals surface area contributed by atoms with Gasteiger partial charge in [-0.15, -0.1) is 0 Å². The maximum Gasteiger partial charge on any atom is 0.419 e. The number of likely N-dealkylation sites (tertiary alicyclic amines) is 2. The number of nitrogens with one attached hydrogen (secondary N) is 7. The Morgan fingerprint density at radius 2 is 0.868 bits per heavy atom. The number of unbranched alkanes of at least 4 members (excludes halogenated alkanes) is 1. The number of benzene rings is 4. The molecular weight excluding hydrogens is 1770 g/mol. The number of nitrogens with zero attached hydrogens (tertiary/aromatic N) is 10. The van der Waals surface area contributed by atoms with Crippen LogP contribution in [0.2, 0.25) is 0 Å². The van der Waals surface area contributed by atoms with Crippen molar-refractivity contribution in [2.24, 2.45) is 11.8 Å². The number of carboxylic acids is 6. The Balaban J connectivity index is 0.811. The van der Waals surface area contributed by atoms with E-state index in [9.17, 15) is 112 Å². The molecule has 0 unspecified atom stereocenters. The van der Waals surface area contributed by atoms with E-state index in [4.69, 9.17) is 9.47 Å². The number of rotatable bonds is 41. The zero-order valence-electron chi connectivity index (χ0n) is 75.4. The highest BCUT2D eigenvalue weighted by molar-refractivity contribution is 6.05. The number of ether oxygens (including phenoxy) is 2. The molecule has 13 N–H and O–H groups in total. The molecule has 13 amide bonds. The number of aliphatic carboxylic acids is 6. The monoisotopic (exact) mass is 1890 g/mol. The van der Waals surface area contributed by atoms with Crippen LogP contribution < -0.4 is 37.2 Å². The minimum Gasteiger partial charge on any atom is -0.481 e. The Morgan fingerprint density at radius 1 is 0.441 bits per heavy atom. The summed E-state index contributed by atoms with van der Waals surface area (Å²) in [4.78, 5) is 260. The van der Waals surface area contributed by atoms with Crippen LogP contribution in [-0.4, -0.2) is 334 Å². The highest BCUT2D eigenvalue weighted by Gasteiger charge is 2.47. The molecule has 0 bridgehead atoms. The first-order valence-corrected chi connectivity index (χ1v) is 45.0. The van der Waals surface area contributed by atoms with Crippen LogP contribution in [0.25, 0.3) is 10.8 Å². The predicted octanol–water partition coefficient (Wildman–Crippen LogP) is 4.01. The first kappa shape index (κ1) is 104. The van der Waals surface area contributed by atoms with Crippen molar-refractivity contribution in [3.05, 3.63) is 168 Å². The van der Waals surface area contributed by atoms with Crippen molar-refractivity contribution in [2.75, 3.05) is 115 Å². The van der Waals surface area contributed by atoms with E-state index in [-0.39, 0.29) is 192 Å². The molecule has 6 aromatic rings. The van der Waals surface area contributed by atoms with Crippen molar-refractivity contribution in [3.8, 4) is 0 Å². The van der Waals surface area contributed by atoms with E-state index in [1.165, 1.54) is 121 Å². The molecular formula is C93H115N17O26. The summed E-state index contributed by atoms with van der Waals surface area (Å²) in [5.74, 6) is -14.1. The third-order valence-corrected chi connectivity index (χ3v) is 24.1. The maximum absolute atomic E-state index is 15.4. The molecule has 7 atom stereocenters. The molecule has 1 saturated carbocycles. The number of anilines is 2. The number of urea groups is 1. The zero-order chi connectivity index (χ0) is 98.1. The Morgan fingerprint density at radius 3 is 1.30 bits per heavy atom. The summed E-state index contributed by atoms with van der Waals surface area (Å²) in [7, 11) is 0. The lowest BCUT2D eigenvalue weighted by molar-refractivity contribution is -0.144. The van der Waals surface area contributed by atoms with Gasteiger partial charge < -0.3 is 87.1 Å². The van der Waals surface area contributed by atoms with Gasteiger partial charge in [0.25, 0.3) is 11.8 Å².